The zero-order valence-corrected chi connectivity index (χ0v) is 11.4. The van der Waals surface area contributed by atoms with Crippen LogP contribution in [0.5, 0.6) is 5.75 Å². The number of nitrogens with zero attached hydrogens (tertiary/aromatic N) is 1. The van der Waals surface area contributed by atoms with E-state index >= 15 is 0 Å². The van der Waals surface area contributed by atoms with Gasteiger partial charge in [-0.25, -0.2) is 0 Å². The van der Waals surface area contributed by atoms with Gasteiger partial charge in [0.05, 0.1) is 6.61 Å². The second-order valence-corrected chi connectivity index (χ2v) is 5.38. The molecule has 19 heavy (non-hydrogen) atoms. The number of rotatable bonds is 2. The summed E-state index contributed by atoms with van der Waals surface area (Å²) in [4.78, 5) is 14.6. The van der Waals surface area contributed by atoms with Crippen LogP contribution in [0, 0.1) is 0 Å². The molecule has 4 heteroatoms. The van der Waals surface area contributed by atoms with Gasteiger partial charge in [0.25, 0.3) is 0 Å². The number of ether oxygens (including phenoxy) is 2. The maximum Gasteiger partial charge on any atom is 0.317 e. The molecule has 0 radical (unpaired) electrons. The molecule has 4 nitrogen and oxygen atoms in total. The minimum absolute atomic E-state index is 0.164. The monoisotopic (exact) mass is 261 g/mol. The zero-order chi connectivity index (χ0) is 13.5. The van der Waals surface area contributed by atoms with E-state index in [1.54, 1.807) is 0 Å². The first kappa shape index (κ1) is 12.5. The first-order chi connectivity index (χ1) is 9.16. The lowest BCUT2D eigenvalue weighted by Gasteiger charge is -2.28. The van der Waals surface area contributed by atoms with Crippen LogP contribution in [-0.4, -0.2) is 43.2 Å². The molecule has 2 aliphatic heterocycles. The summed E-state index contributed by atoms with van der Waals surface area (Å²) < 4.78 is 11.4. The Labute approximate surface area is 113 Å². The third kappa shape index (κ3) is 1.91. The number of para-hydroxylation sites is 1. The Morgan fingerprint density at radius 2 is 2.32 bits per heavy atom. The van der Waals surface area contributed by atoms with Gasteiger partial charge in [0.1, 0.15) is 17.3 Å². The summed E-state index contributed by atoms with van der Waals surface area (Å²) in [6.45, 7) is 3.96. The fourth-order valence-electron chi connectivity index (χ4n) is 3.25. The predicted octanol–water partition coefficient (Wildman–Crippen LogP) is 1.80. The Bertz CT molecular complexity index is 502. The van der Waals surface area contributed by atoms with Crippen molar-refractivity contribution in [3.63, 3.8) is 0 Å². The van der Waals surface area contributed by atoms with Crippen LogP contribution < -0.4 is 4.74 Å². The highest BCUT2D eigenvalue weighted by molar-refractivity contribution is 5.82. The van der Waals surface area contributed by atoms with E-state index in [9.17, 15) is 4.79 Å². The van der Waals surface area contributed by atoms with Gasteiger partial charge in [-0.15, -0.1) is 0 Å². The van der Waals surface area contributed by atoms with Crippen molar-refractivity contribution in [3.05, 3.63) is 29.8 Å². The smallest absolute Gasteiger partial charge is 0.317 e. The molecule has 2 heterocycles. The molecule has 1 fully saturated rings. The van der Waals surface area contributed by atoms with Gasteiger partial charge < -0.3 is 14.4 Å². The summed E-state index contributed by atoms with van der Waals surface area (Å²) in [5.41, 5.74) is 0.529. The van der Waals surface area contributed by atoms with Crippen LogP contribution in [0.2, 0.25) is 0 Å². The van der Waals surface area contributed by atoms with Gasteiger partial charge >= 0.3 is 5.97 Å². The van der Waals surface area contributed by atoms with Crippen LogP contribution in [0.15, 0.2) is 24.3 Å². The summed E-state index contributed by atoms with van der Waals surface area (Å²) in [5, 5.41) is 0. The topological polar surface area (TPSA) is 38.8 Å². The lowest BCUT2D eigenvalue weighted by molar-refractivity contribution is -0.149. The highest BCUT2D eigenvalue weighted by atomic mass is 16.5. The highest BCUT2D eigenvalue weighted by Gasteiger charge is 2.55. The molecule has 2 unspecified atom stereocenters. The zero-order valence-electron chi connectivity index (χ0n) is 11.4. The summed E-state index contributed by atoms with van der Waals surface area (Å²) in [7, 11) is 2.06. The van der Waals surface area contributed by atoms with Crippen LogP contribution in [-0.2, 0) is 9.53 Å². The van der Waals surface area contributed by atoms with Gasteiger partial charge in [-0.1, -0.05) is 18.2 Å². The summed E-state index contributed by atoms with van der Waals surface area (Å²) in [5.74, 6) is 0.368. The molecule has 2 atom stereocenters. The van der Waals surface area contributed by atoms with Crippen molar-refractivity contribution < 1.29 is 14.3 Å². The highest BCUT2D eigenvalue weighted by Crippen LogP contribution is 2.49. The molecule has 0 amide bonds. The standard InChI is InChI=1S/C15H19NO3/c1-3-18-14(17)13-11-6-4-5-7-12(11)19-15(13)8-9-16(2)10-15/h4-7,13H,3,8-10H2,1-2H3. The van der Waals surface area contributed by atoms with Crippen LogP contribution in [0.25, 0.3) is 0 Å². The molecule has 0 saturated carbocycles. The molecule has 0 aromatic heterocycles. The van der Waals surface area contributed by atoms with E-state index < -0.39 is 5.60 Å². The normalized spacial score (nSPS) is 29.3. The van der Waals surface area contributed by atoms with Crippen LogP contribution in [0.3, 0.4) is 0 Å². The summed E-state index contributed by atoms with van der Waals surface area (Å²) in [6.07, 6.45) is 0.863. The van der Waals surface area contributed by atoms with E-state index in [4.69, 9.17) is 9.47 Å². The lowest BCUT2D eigenvalue weighted by atomic mass is 9.83. The van der Waals surface area contributed by atoms with Crippen LogP contribution in [0.4, 0.5) is 0 Å². The van der Waals surface area contributed by atoms with E-state index in [2.05, 4.69) is 11.9 Å². The molecule has 102 valence electrons. The predicted molar refractivity (Wildman–Crippen MR) is 71.3 cm³/mol. The molecule has 1 aromatic rings. The Hall–Kier alpha value is -1.55. The molecule has 2 aliphatic rings. The second kappa shape index (κ2) is 4.53. The Balaban J connectivity index is 2.01. The Kier molecular flexibility index (Phi) is 2.97. The van der Waals surface area contributed by atoms with E-state index in [1.165, 1.54) is 0 Å². The van der Waals surface area contributed by atoms with Gasteiger partial charge in [0.15, 0.2) is 0 Å². The van der Waals surface area contributed by atoms with E-state index in [0.717, 1.165) is 30.8 Å². The molecule has 0 N–H and O–H groups in total. The lowest BCUT2D eigenvalue weighted by Crippen LogP contribution is -2.44. The Morgan fingerprint density at radius 1 is 1.53 bits per heavy atom. The van der Waals surface area contributed by atoms with Gasteiger partial charge in [-0.05, 0) is 20.0 Å². The minimum Gasteiger partial charge on any atom is -0.484 e. The maximum absolute atomic E-state index is 12.4. The number of benzene rings is 1. The first-order valence-electron chi connectivity index (χ1n) is 6.79. The largest absolute Gasteiger partial charge is 0.484 e. The molecule has 1 aromatic carbocycles. The summed E-state index contributed by atoms with van der Waals surface area (Å²) in [6, 6.07) is 7.81. The van der Waals surface area contributed by atoms with E-state index in [0.29, 0.717) is 6.61 Å². The number of carbonyl (C=O) groups excluding carboxylic acids is 1. The number of fused-ring (bicyclic) bond motifs is 1. The number of carbonyl (C=O) groups is 1. The van der Waals surface area contributed by atoms with Gasteiger partial charge in [-0.2, -0.15) is 0 Å². The average molecular weight is 261 g/mol. The number of esters is 1. The summed E-state index contributed by atoms with van der Waals surface area (Å²) >= 11 is 0. The van der Waals surface area contributed by atoms with Crippen molar-refractivity contribution in [3.8, 4) is 5.75 Å². The van der Waals surface area contributed by atoms with Gasteiger partial charge in [-0.3, -0.25) is 4.79 Å². The van der Waals surface area contributed by atoms with Crippen molar-refractivity contribution in [1.29, 1.82) is 0 Å². The van der Waals surface area contributed by atoms with Gasteiger partial charge in [0, 0.05) is 25.1 Å². The maximum atomic E-state index is 12.4. The molecule has 1 spiro atoms. The fraction of sp³-hybridized carbons (Fsp3) is 0.533. The van der Waals surface area contributed by atoms with Crippen molar-refractivity contribution in [2.75, 3.05) is 26.7 Å². The molecule has 0 aliphatic carbocycles. The van der Waals surface area contributed by atoms with Crippen LogP contribution in [0.1, 0.15) is 24.8 Å². The third-order valence-electron chi connectivity index (χ3n) is 4.05. The van der Waals surface area contributed by atoms with Gasteiger partial charge in [0.2, 0.25) is 0 Å². The SMILES string of the molecule is CCOC(=O)C1c2ccccc2OC12CCN(C)C2. The van der Waals surface area contributed by atoms with Crippen molar-refractivity contribution in [1.82, 2.24) is 4.90 Å². The number of hydrogen-bond donors (Lipinski definition) is 0. The second-order valence-electron chi connectivity index (χ2n) is 5.38. The number of likely N-dealkylation sites (N-methyl/N-ethyl adjacent to an activating group) is 1. The van der Waals surface area contributed by atoms with Crippen molar-refractivity contribution >= 4 is 5.97 Å². The number of hydrogen-bond acceptors (Lipinski definition) is 4. The quantitative estimate of drug-likeness (QED) is 0.761. The molecule has 3 rings (SSSR count). The molecule has 0 bridgehead atoms. The van der Waals surface area contributed by atoms with Crippen LogP contribution >= 0.6 is 0 Å². The molecular weight excluding hydrogens is 242 g/mol. The Morgan fingerprint density at radius 3 is 3.00 bits per heavy atom. The third-order valence-corrected chi connectivity index (χ3v) is 4.05. The minimum atomic E-state index is -0.440. The molecular formula is C15H19NO3. The molecule has 1 saturated heterocycles. The number of likely N-dealkylation sites (tertiary alicyclic amines) is 1. The van der Waals surface area contributed by atoms with Crippen molar-refractivity contribution in [2.45, 2.75) is 24.9 Å². The average Bonchev–Trinajstić information content (AvgIpc) is 2.90. The first-order valence-corrected chi connectivity index (χ1v) is 6.79. The fourth-order valence-corrected chi connectivity index (χ4v) is 3.25. The van der Waals surface area contributed by atoms with E-state index in [1.807, 2.05) is 31.2 Å². The van der Waals surface area contributed by atoms with E-state index in [-0.39, 0.29) is 11.9 Å². The van der Waals surface area contributed by atoms with Crippen molar-refractivity contribution in [2.24, 2.45) is 0 Å².